The zero-order valence-electron chi connectivity index (χ0n) is 15.9. The number of aliphatic hydroxyl groups excluding tert-OH is 2. The summed E-state index contributed by atoms with van der Waals surface area (Å²) < 4.78 is 0. The molecule has 4 saturated carbocycles. The molecule has 5 nitrogen and oxygen atoms in total. The molecule has 4 aliphatic rings. The fraction of sp³-hybridized carbons (Fsp3) is 0.905. The fourth-order valence-electron chi connectivity index (χ4n) is 7.74. The molecule has 0 aliphatic heterocycles. The minimum atomic E-state index is -0.956. The minimum absolute atomic E-state index is 0.0597. The second-order valence-electron chi connectivity index (χ2n) is 9.83. The summed E-state index contributed by atoms with van der Waals surface area (Å²) in [7, 11) is 0. The zero-order valence-corrected chi connectivity index (χ0v) is 15.9. The molecule has 0 bridgehead atoms. The number of Topliss-reactive ketones (excluding diaryl/α,β-unsaturated/α-hetero) is 2. The molecule has 3 N–H and O–H groups in total. The van der Waals surface area contributed by atoms with Crippen LogP contribution >= 0.6 is 0 Å². The molecule has 26 heavy (non-hydrogen) atoms. The Kier molecular flexibility index (Phi) is 4.18. The highest BCUT2D eigenvalue weighted by atomic mass is 16.3. The van der Waals surface area contributed by atoms with Crippen molar-refractivity contribution in [3.63, 3.8) is 0 Å². The van der Waals surface area contributed by atoms with Gasteiger partial charge in [-0.1, -0.05) is 13.8 Å². The van der Waals surface area contributed by atoms with Crippen molar-refractivity contribution in [2.75, 3.05) is 6.61 Å². The average Bonchev–Trinajstić information content (AvgIpc) is 2.82. The summed E-state index contributed by atoms with van der Waals surface area (Å²) in [4.78, 5) is 25.5. The Hall–Kier alpha value is -0.780. The van der Waals surface area contributed by atoms with E-state index in [4.69, 9.17) is 0 Å². The molecule has 0 aromatic rings. The lowest BCUT2D eigenvalue weighted by atomic mass is 9.43. The van der Waals surface area contributed by atoms with Crippen LogP contribution in [-0.4, -0.2) is 45.2 Å². The number of fused-ring (bicyclic) bond motifs is 5. The van der Waals surface area contributed by atoms with Gasteiger partial charge in [0.1, 0.15) is 11.6 Å². The Morgan fingerprint density at radius 2 is 1.85 bits per heavy atom. The molecule has 0 amide bonds. The van der Waals surface area contributed by atoms with Gasteiger partial charge in [0.2, 0.25) is 0 Å². The largest absolute Gasteiger partial charge is 0.396 e. The highest BCUT2D eigenvalue weighted by molar-refractivity contribution is 5.99. The van der Waals surface area contributed by atoms with Crippen LogP contribution in [-0.2, 0) is 9.59 Å². The summed E-state index contributed by atoms with van der Waals surface area (Å²) in [6.07, 6.45) is 3.81. The molecule has 0 spiro atoms. The molecule has 0 radical (unpaired) electrons. The van der Waals surface area contributed by atoms with E-state index < -0.39 is 22.5 Å². The molecule has 4 rings (SSSR count). The molecule has 1 unspecified atom stereocenters. The average molecular weight is 364 g/mol. The maximum atomic E-state index is 13.0. The number of carbonyl (C=O) groups excluding carboxylic acids is 2. The summed E-state index contributed by atoms with van der Waals surface area (Å²) >= 11 is 0. The summed E-state index contributed by atoms with van der Waals surface area (Å²) in [5.74, 6) is 0.286. The van der Waals surface area contributed by atoms with Crippen LogP contribution in [0.4, 0.5) is 0 Å². The van der Waals surface area contributed by atoms with Gasteiger partial charge < -0.3 is 15.3 Å². The molecule has 0 aromatic heterocycles. The molecule has 0 heterocycles. The molecule has 4 fully saturated rings. The molecule has 8 atom stereocenters. The molecule has 0 aromatic carbocycles. The van der Waals surface area contributed by atoms with Gasteiger partial charge in [0.25, 0.3) is 0 Å². The van der Waals surface area contributed by atoms with Gasteiger partial charge in [-0.2, -0.15) is 0 Å². The second-order valence-corrected chi connectivity index (χ2v) is 9.83. The van der Waals surface area contributed by atoms with E-state index in [2.05, 4.69) is 6.92 Å². The van der Waals surface area contributed by atoms with Gasteiger partial charge in [-0.3, -0.25) is 9.59 Å². The van der Waals surface area contributed by atoms with E-state index in [1.165, 1.54) is 0 Å². The molecule has 146 valence electrons. The smallest absolute Gasteiger partial charge is 0.140 e. The summed E-state index contributed by atoms with van der Waals surface area (Å²) in [5, 5.41) is 31.9. The van der Waals surface area contributed by atoms with Crippen LogP contribution in [0.3, 0.4) is 0 Å². The Bertz CT molecular complexity index is 632. The lowest BCUT2D eigenvalue weighted by Gasteiger charge is -2.61. The van der Waals surface area contributed by atoms with Crippen LogP contribution in [0.15, 0.2) is 0 Å². The maximum Gasteiger partial charge on any atom is 0.140 e. The van der Waals surface area contributed by atoms with Gasteiger partial charge in [0.05, 0.1) is 11.7 Å². The lowest BCUT2D eigenvalue weighted by molar-refractivity contribution is -0.199. The molecular formula is C21H32O5. The summed E-state index contributed by atoms with van der Waals surface area (Å²) in [6, 6.07) is 0. The van der Waals surface area contributed by atoms with E-state index in [-0.39, 0.29) is 41.8 Å². The van der Waals surface area contributed by atoms with Crippen LogP contribution in [0, 0.1) is 34.5 Å². The van der Waals surface area contributed by atoms with Crippen molar-refractivity contribution in [2.24, 2.45) is 34.5 Å². The van der Waals surface area contributed by atoms with E-state index in [0.29, 0.717) is 32.1 Å². The van der Waals surface area contributed by atoms with E-state index >= 15 is 0 Å². The van der Waals surface area contributed by atoms with Gasteiger partial charge in [-0.05, 0) is 50.4 Å². The second kappa shape index (κ2) is 5.86. The van der Waals surface area contributed by atoms with Crippen LogP contribution < -0.4 is 0 Å². The maximum absolute atomic E-state index is 13.0. The Balaban J connectivity index is 1.74. The third-order valence-corrected chi connectivity index (χ3v) is 9.09. The third kappa shape index (κ3) is 2.14. The monoisotopic (exact) mass is 364 g/mol. The molecule has 0 saturated heterocycles. The zero-order chi connectivity index (χ0) is 18.9. The first kappa shape index (κ1) is 18.6. The van der Waals surface area contributed by atoms with Crippen molar-refractivity contribution in [3.8, 4) is 0 Å². The van der Waals surface area contributed by atoms with Crippen molar-refractivity contribution < 1.29 is 24.9 Å². The highest BCUT2D eigenvalue weighted by Crippen LogP contribution is 2.67. The van der Waals surface area contributed by atoms with Gasteiger partial charge in [0, 0.05) is 42.1 Å². The Morgan fingerprint density at radius 3 is 2.54 bits per heavy atom. The van der Waals surface area contributed by atoms with Gasteiger partial charge >= 0.3 is 0 Å². The first-order chi connectivity index (χ1) is 12.2. The topological polar surface area (TPSA) is 94.8 Å². The van der Waals surface area contributed by atoms with E-state index in [0.717, 1.165) is 19.3 Å². The van der Waals surface area contributed by atoms with E-state index in [1.807, 2.05) is 6.92 Å². The highest BCUT2D eigenvalue weighted by Gasteiger charge is 2.68. The van der Waals surface area contributed by atoms with Crippen molar-refractivity contribution in [1.29, 1.82) is 0 Å². The van der Waals surface area contributed by atoms with Gasteiger partial charge in [-0.25, -0.2) is 0 Å². The molecule has 5 heteroatoms. The number of hydrogen-bond acceptors (Lipinski definition) is 5. The molecular weight excluding hydrogens is 332 g/mol. The predicted octanol–water partition coefficient (Wildman–Crippen LogP) is 1.86. The van der Waals surface area contributed by atoms with Crippen LogP contribution in [0.25, 0.3) is 0 Å². The van der Waals surface area contributed by atoms with E-state index in [1.54, 1.807) is 0 Å². The fourth-order valence-corrected chi connectivity index (χ4v) is 7.74. The number of rotatable bonds is 2. The Labute approximate surface area is 155 Å². The number of aliphatic hydroxyl groups is 3. The first-order valence-electron chi connectivity index (χ1n) is 10.3. The first-order valence-corrected chi connectivity index (χ1v) is 10.3. The number of ketones is 2. The van der Waals surface area contributed by atoms with Gasteiger partial charge in [-0.15, -0.1) is 0 Å². The van der Waals surface area contributed by atoms with Crippen molar-refractivity contribution in [2.45, 2.75) is 76.9 Å². The summed E-state index contributed by atoms with van der Waals surface area (Å²) in [6.45, 7) is 3.92. The van der Waals surface area contributed by atoms with Crippen LogP contribution in [0.1, 0.15) is 65.2 Å². The van der Waals surface area contributed by atoms with Crippen molar-refractivity contribution >= 4 is 11.6 Å². The van der Waals surface area contributed by atoms with Gasteiger partial charge in [0.15, 0.2) is 0 Å². The van der Waals surface area contributed by atoms with E-state index in [9.17, 15) is 24.9 Å². The quantitative estimate of drug-likeness (QED) is 0.695. The summed E-state index contributed by atoms with van der Waals surface area (Å²) in [5.41, 5.74) is -2.15. The number of carbonyl (C=O) groups is 2. The Morgan fingerprint density at radius 1 is 1.12 bits per heavy atom. The van der Waals surface area contributed by atoms with Crippen LogP contribution in [0.2, 0.25) is 0 Å². The van der Waals surface area contributed by atoms with Crippen molar-refractivity contribution in [3.05, 3.63) is 0 Å². The normalized spacial score (nSPS) is 53.8. The standard InChI is InChI=1S/C21H32O5/c1-19-11-16(24)18-12(13(19)7-8-21(19,26)9-10-22)3-4-14-15(23)5-6-17(25)20(14,18)2/h12-14,16,18,22,24,26H,3-11H2,1-2H3/t12-,13-,14?,16-,18+,19-,20+,21-/m0/s1. The SMILES string of the molecule is C[C@]12C(=O)CCC(=O)C1CC[C@@H]1[C@@H]2[C@@H](O)C[C@@]2(C)[C@H]1CC[C@]2(O)CCO. The number of hydrogen-bond donors (Lipinski definition) is 3. The third-order valence-electron chi connectivity index (χ3n) is 9.09. The minimum Gasteiger partial charge on any atom is -0.396 e. The molecule has 4 aliphatic carbocycles. The van der Waals surface area contributed by atoms with Crippen LogP contribution in [0.5, 0.6) is 0 Å². The predicted molar refractivity (Wildman–Crippen MR) is 95.2 cm³/mol. The van der Waals surface area contributed by atoms with Crippen molar-refractivity contribution in [1.82, 2.24) is 0 Å². The lowest BCUT2D eigenvalue weighted by Crippen LogP contribution is -2.64.